The van der Waals surface area contributed by atoms with Crippen molar-refractivity contribution in [3.63, 3.8) is 0 Å². The van der Waals surface area contributed by atoms with Gasteiger partial charge in [-0.1, -0.05) is 0 Å². The largest absolute Gasteiger partial charge is 0.379 e. The van der Waals surface area contributed by atoms with Crippen LogP contribution in [0, 0.1) is 12.8 Å². The van der Waals surface area contributed by atoms with Crippen molar-refractivity contribution in [1.29, 1.82) is 0 Å². The molecule has 1 saturated heterocycles. The first-order valence-electron chi connectivity index (χ1n) is 4.98. The molecule has 15 heavy (non-hydrogen) atoms. The van der Waals surface area contributed by atoms with Crippen LogP contribution in [-0.2, 0) is 4.74 Å². The quantitative estimate of drug-likeness (QED) is 0.717. The zero-order chi connectivity index (χ0) is 10.8. The Bertz CT molecular complexity index is 379. The first-order chi connectivity index (χ1) is 7.20. The van der Waals surface area contributed by atoms with E-state index in [0.717, 1.165) is 5.56 Å². The van der Waals surface area contributed by atoms with Crippen LogP contribution in [0.3, 0.4) is 0 Å². The molecule has 1 aromatic heterocycles. The molecule has 2 atom stereocenters. The fourth-order valence-electron chi connectivity index (χ4n) is 1.76. The molecule has 2 heterocycles. The van der Waals surface area contributed by atoms with Gasteiger partial charge in [0, 0.05) is 24.0 Å². The van der Waals surface area contributed by atoms with Gasteiger partial charge in [-0.2, -0.15) is 0 Å². The molecule has 0 aliphatic carbocycles. The number of hydrogen-bond acceptors (Lipinski definition) is 4. The summed E-state index contributed by atoms with van der Waals surface area (Å²) >= 11 is 0. The highest BCUT2D eigenvalue weighted by Crippen LogP contribution is 2.19. The molecule has 4 nitrogen and oxygen atoms in total. The summed E-state index contributed by atoms with van der Waals surface area (Å²) < 4.78 is 5.19. The number of hydrogen-bond donors (Lipinski definition) is 1. The van der Waals surface area contributed by atoms with Gasteiger partial charge in [0.25, 0.3) is 0 Å². The monoisotopic (exact) mass is 206 g/mol. The van der Waals surface area contributed by atoms with E-state index in [1.54, 1.807) is 12.4 Å². The van der Waals surface area contributed by atoms with Crippen LogP contribution in [-0.4, -0.2) is 30.0 Å². The van der Waals surface area contributed by atoms with Gasteiger partial charge in [-0.15, -0.1) is 0 Å². The molecule has 0 spiro atoms. The standard InChI is InChI=1S/C11H14N2O2/c1-7-2-3-13-4-8(7)11(14)9-5-15-6-10(9)12/h2-4,9-10H,5-6,12H2,1H3. The molecule has 2 N–H and O–H groups in total. The van der Waals surface area contributed by atoms with E-state index in [0.29, 0.717) is 18.8 Å². The van der Waals surface area contributed by atoms with Gasteiger partial charge in [0.15, 0.2) is 5.78 Å². The van der Waals surface area contributed by atoms with Crippen molar-refractivity contribution in [1.82, 2.24) is 4.98 Å². The molecule has 1 fully saturated rings. The minimum Gasteiger partial charge on any atom is -0.379 e. The summed E-state index contributed by atoms with van der Waals surface area (Å²) in [4.78, 5) is 16.0. The number of ether oxygens (including phenoxy) is 1. The van der Waals surface area contributed by atoms with E-state index in [9.17, 15) is 4.79 Å². The fourth-order valence-corrected chi connectivity index (χ4v) is 1.76. The number of pyridine rings is 1. The Balaban J connectivity index is 2.24. The lowest BCUT2D eigenvalue weighted by molar-refractivity contribution is 0.0895. The highest BCUT2D eigenvalue weighted by Gasteiger charge is 2.32. The number of carbonyl (C=O) groups excluding carboxylic acids is 1. The third-order valence-electron chi connectivity index (χ3n) is 2.77. The number of nitrogens with zero attached hydrogens (tertiary/aromatic N) is 1. The molecule has 0 saturated carbocycles. The van der Waals surface area contributed by atoms with Crippen molar-refractivity contribution in [2.75, 3.05) is 13.2 Å². The maximum Gasteiger partial charge on any atom is 0.171 e. The molecule has 0 aromatic carbocycles. The minimum atomic E-state index is -0.215. The van der Waals surface area contributed by atoms with Crippen LogP contribution in [0.5, 0.6) is 0 Å². The number of ketones is 1. The fraction of sp³-hybridized carbons (Fsp3) is 0.455. The average Bonchev–Trinajstić information content (AvgIpc) is 2.64. The van der Waals surface area contributed by atoms with E-state index >= 15 is 0 Å². The smallest absolute Gasteiger partial charge is 0.171 e. The normalized spacial score (nSPS) is 25.5. The maximum absolute atomic E-state index is 12.1. The van der Waals surface area contributed by atoms with E-state index < -0.39 is 0 Å². The Morgan fingerprint density at radius 1 is 1.60 bits per heavy atom. The maximum atomic E-state index is 12.1. The third kappa shape index (κ3) is 1.91. The van der Waals surface area contributed by atoms with E-state index in [4.69, 9.17) is 10.5 Å². The predicted molar refractivity (Wildman–Crippen MR) is 55.6 cm³/mol. The molecule has 0 bridgehead atoms. The molecule has 4 heteroatoms. The second kappa shape index (κ2) is 4.08. The van der Waals surface area contributed by atoms with Gasteiger partial charge in [0.2, 0.25) is 0 Å². The van der Waals surface area contributed by atoms with Crippen LogP contribution >= 0.6 is 0 Å². The van der Waals surface area contributed by atoms with Gasteiger partial charge >= 0.3 is 0 Å². The first kappa shape index (κ1) is 10.3. The number of aryl methyl sites for hydroxylation is 1. The Kier molecular flexibility index (Phi) is 2.79. The Morgan fingerprint density at radius 2 is 2.40 bits per heavy atom. The summed E-state index contributed by atoms with van der Waals surface area (Å²) in [5.41, 5.74) is 7.40. The molecule has 2 rings (SSSR count). The van der Waals surface area contributed by atoms with Crippen LogP contribution in [0.2, 0.25) is 0 Å². The molecule has 1 aliphatic heterocycles. The molecular formula is C11H14N2O2. The van der Waals surface area contributed by atoms with Crippen molar-refractivity contribution in [3.05, 3.63) is 29.6 Å². The summed E-state index contributed by atoms with van der Waals surface area (Å²) in [6.07, 6.45) is 3.28. The van der Waals surface area contributed by atoms with Crippen LogP contribution in [0.1, 0.15) is 15.9 Å². The first-order valence-corrected chi connectivity index (χ1v) is 4.98. The molecule has 2 unspecified atom stereocenters. The second-order valence-corrected chi connectivity index (χ2v) is 3.86. The minimum absolute atomic E-state index is 0.0469. The number of aromatic nitrogens is 1. The summed E-state index contributed by atoms with van der Waals surface area (Å²) in [5.74, 6) is -0.168. The van der Waals surface area contributed by atoms with E-state index in [2.05, 4.69) is 4.98 Å². The summed E-state index contributed by atoms with van der Waals surface area (Å²) in [6, 6.07) is 1.64. The molecule has 0 radical (unpaired) electrons. The van der Waals surface area contributed by atoms with Gasteiger partial charge in [0.1, 0.15) is 0 Å². The number of carbonyl (C=O) groups is 1. The summed E-state index contributed by atoms with van der Waals surface area (Å²) in [5, 5.41) is 0. The summed E-state index contributed by atoms with van der Waals surface area (Å²) in [6.45, 7) is 2.79. The van der Waals surface area contributed by atoms with Crippen LogP contribution in [0.4, 0.5) is 0 Å². The lowest BCUT2D eigenvalue weighted by atomic mass is 9.93. The van der Waals surface area contributed by atoms with Gasteiger partial charge in [-0.25, -0.2) is 0 Å². The van der Waals surface area contributed by atoms with Crippen molar-refractivity contribution in [3.8, 4) is 0 Å². The zero-order valence-electron chi connectivity index (χ0n) is 8.64. The Hall–Kier alpha value is -1.26. The molecule has 0 amide bonds. The molecule has 1 aliphatic rings. The van der Waals surface area contributed by atoms with Gasteiger partial charge in [-0.3, -0.25) is 9.78 Å². The predicted octanol–water partition coefficient (Wildman–Crippen LogP) is 0.546. The van der Waals surface area contributed by atoms with Crippen LogP contribution in [0.15, 0.2) is 18.5 Å². The lowest BCUT2D eigenvalue weighted by Gasteiger charge is -2.12. The summed E-state index contributed by atoms with van der Waals surface area (Å²) in [7, 11) is 0. The molecule has 80 valence electrons. The molecule has 1 aromatic rings. The Morgan fingerprint density at radius 3 is 3.00 bits per heavy atom. The van der Waals surface area contributed by atoms with E-state index in [1.807, 2.05) is 13.0 Å². The van der Waals surface area contributed by atoms with Crippen molar-refractivity contribution < 1.29 is 9.53 Å². The van der Waals surface area contributed by atoms with Gasteiger partial charge < -0.3 is 10.5 Å². The number of Topliss-reactive ketones (excluding diaryl/α,β-unsaturated/α-hetero) is 1. The van der Waals surface area contributed by atoms with Gasteiger partial charge in [-0.05, 0) is 18.6 Å². The third-order valence-corrected chi connectivity index (χ3v) is 2.77. The van der Waals surface area contributed by atoms with Crippen molar-refractivity contribution in [2.24, 2.45) is 11.7 Å². The topological polar surface area (TPSA) is 65.2 Å². The zero-order valence-corrected chi connectivity index (χ0v) is 8.64. The second-order valence-electron chi connectivity index (χ2n) is 3.86. The van der Waals surface area contributed by atoms with Crippen molar-refractivity contribution >= 4 is 5.78 Å². The highest BCUT2D eigenvalue weighted by molar-refractivity contribution is 5.99. The van der Waals surface area contributed by atoms with Crippen molar-refractivity contribution in [2.45, 2.75) is 13.0 Å². The average molecular weight is 206 g/mol. The van der Waals surface area contributed by atoms with Gasteiger partial charge in [0.05, 0.1) is 19.1 Å². The van der Waals surface area contributed by atoms with E-state index in [1.165, 1.54) is 0 Å². The SMILES string of the molecule is Cc1ccncc1C(=O)C1COCC1N. The number of rotatable bonds is 2. The Labute approximate surface area is 88.4 Å². The van der Waals surface area contributed by atoms with Crippen LogP contribution in [0.25, 0.3) is 0 Å². The molecular weight excluding hydrogens is 192 g/mol. The van der Waals surface area contributed by atoms with Crippen LogP contribution < -0.4 is 5.73 Å². The lowest BCUT2D eigenvalue weighted by Crippen LogP contribution is -2.34. The number of nitrogens with two attached hydrogens (primary N) is 1. The van der Waals surface area contributed by atoms with E-state index in [-0.39, 0.29) is 17.7 Å². The highest BCUT2D eigenvalue weighted by atomic mass is 16.5.